The highest BCUT2D eigenvalue weighted by Crippen LogP contribution is 2.30. The summed E-state index contributed by atoms with van der Waals surface area (Å²) in [5, 5.41) is 14.0. The molecule has 0 heterocycles. The molecule has 2 atom stereocenters. The number of aliphatic hydroxyl groups is 1. The van der Waals surface area contributed by atoms with Crippen LogP contribution in [0.25, 0.3) is 10.4 Å². The Hall–Kier alpha value is -2.73. The van der Waals surface area contributed by atoms with E-state index >= 15 is 0 Å². The monoisotopic (exact) mass is 375 g/mol. The summed E-state index contributed by atoms with van der Waals surface area (Å²) in [5.74, 6) is -0.374. The number of carbonyl (C=O) groups excluding carboxylic acids is 1. The van der Waals surface area contributed by atoms with Crippen LogP contribution in [0.3, 0.4) is 0 Å². The van der Waals surface area contributed by atoms with Crippen LogP contribution >= 0.6 is 11.6 Å². The SMILES string of the molecule is CCOC(=O)[C@H](N=[N+]=[N-])[C@H](O)c1ccc(OCc2ccccc2)c(Cl)c1. The topological polar surface area (TPSA) is 105 Å². The molecule has 0 aliphatic heterocycles. The van der Waals surface area contributed by atoms with E-state index in [1.165, 1.54) is 6.07 Å². The molecule has 2 rings (SSSR count). The number of nitrogens with zero attached hydrogens (tertiary/aromatic N) is 3. The molecule has 2 aromatic carbocycles. The summed E-state index contributed by atoms with van der Waals surface area (Å²) >= 11 is 6.21. The summed E-state index contributed by atoms with van der Waals surface area (Å²) in [4.78, 5) is 14.4. The molecule has 26 heavy (non-hydrogen) atoms. The zero-order chi connectivity index (χ0) is 18.9. The van der Waals surface area contributed by atoms with Crippen molar-refractivity contribution < 1.29 is 19.4 Å². The maximum atomic E-state index is 11.9. The van der Waals surface area contributed by atoms with Gasteiger partial charge >= 0.3 is 5.97 Å². The maximum absolute atomic E-state index is 11.9. The van der Waals surface area contributed by atoms with Gasteiger partial charge in [0.1, 0.15) is 12.4 Å². The Labute approximate surface area is 155 Å². The van der Waals surface area contributed by atoms with Crippen molar-refractivity contribution in [3.63, 3.8) is 0 Å². The number of rotatable bonds is 8. The largest absolute Gasteiger partial charge is 0.487 e. The Morgan fingerprint density at radius 2 is 2.04 bits per heavy atom. The second-order valence-corrected chi connectivity index (χ2v) is 5.72. The van der Waals surface area contributed by atoms with Gasteiger partial charge in [-0.25, -0.2) is 0 Å². The molecular formula is C18H18ClN3O4. The predicted molar refractivity (Wildman–Crippen MR) is 96.8 cm³/mol. The van der Waals surface area contributed by atoms with E-state index in [1.54, 1.807) is 19.1 Å². The van der Waals surface area contributed by atoms with Crippen molar-refractivity contribution in [1.82, 2.24) is 0 Å². The van der Waals surface area contributed by atoms with Crippen LogP contribution in [0.2, 0.25) is 5.02 Å². The molecule has 0 bridgehead atoms. The summed E-state index contributed by atoms with van der Waals surface area (Å²) < 4.78 is 10.5. The summed E-state index contributed by atoms with van der Waals surface area (Å²) in [6, 6.07) is 12.8. The third-order valence-electron chi connectivity index (χ3n) is 3.54. The van der Waals surface area contributed by atoms with Crippen LogP contribution in [0.4, 0.5) is 0 Å². The molecule has 0 aliphatic rings. The number of hydrogen-bond donors (Lipinski definition) is 1. The van der Waals surface area contributed by atoms with Gasteiger partial charge in [-0.3, -0.25) is 4.79 Å². The summed E-state index contributed by atoms with van der Waals surface area (Å²) in [6.45, 7) is 2.07. The van der Waals surface area contributed by atoms with Crippen LogP contribution in [-0.4, -0.2) is 23.7 Å². The minimum atomic E-state index is -1.40. The Bertz CT molecular complexity index is 794. The molecule has 0 radical (unpaired) electrons. The third-order valence-corrected chi connectivity index (χ3v) is 3.83. The van der Waals surface area contributed by atoms with E-state index in [2.05, 4.69) is 10.0 Å². The standard InChI is InChI=1S/C18H18ClN3O4/c1-2-25-18(24)16(21-22-20)17(23)13-8-9-15(14(19)10-13)26-11-12-6-4-3-5-7-12/h3-10,16-17,23H,2,11H2,1H3/t16-,17-/m1/s1. The minimum Gasteiger partial charge on any atom is -0.487 e. The van der Waals surface area contributed by atoms with Crippen LogP contribution in [0.15, 0.2) is 53.6 Å². The maximum Gasteiger partial charge on any atom is 0.317 e. The number of ether oxygens (including phenoxy) is 2. The summed E-state index contributed by atoms with van der Waals surface area (Å²) in [7, 11) is 0. The van der Waals surface area contributed by atoms with E-state index in [1.807, 2.05) is 30.3 Å². The molecule has 0 spiro atoms. The number of halogens is 1. The van der Waals surface area contributed by atoms with Gasteiger partial charge in [-0.05, 0) is 35.7 Å². The van der Waals surface area contributed by atoms with Crippen LogP contribution in [0.5, 0.6) is 5.75 Å². The average molecular weight is 376 g/mol. The first-order chi connectivity index (χ1) is 12.6. The van der Waals surface area contributed by atoms with Gasteiger partial charge in [-0.1, -0.05) is 53.1 Å². The molecule has 2 aromatic rings. The fraction of sp³-hybridized carbons (Fsp3) is 0.278. The number of carbonyl (C=O) groups is 1. The van der Waals surface area contributed by atoms with Gasteiger partial charge in [0.25, 0.3) is 0 Å². The Morgan fingerprint density at radius 3 is 2.65 bits per heavy atom. The van der Waals surface area contributed by atoms with Gasteiger partial charge in [0, 0.05) is 4.91 Å². The van der Waals surface area contributed by atoms with Crippen molar-refractivity contribution in [2.45, 2.75) is 25.7 Å². The molecule has 0 saturated heterocycles. The molecule has 1 N–H and O–H groups in total. The van der Waals surface area contributed by atoms with Crippen molar-refractivity contribution >= 4 is 17.6 Å². The van der Waals surface area contributed by atoms with Crippen molar-refractivity contribution in [2.24, 2.45) is 5.11 Å². The zero-order valence-corrected chi connectivity index (χ0v) is 14.8. The van der Waals surface area contributed by atoms with Gasteiger partial charge in [-0.15, -0.1) is 0 Å². The van der Waals surface area contributed by atoms with E-state index in [9.17, 15) is 9.90 Å². The van der Waals surface area contributed by atoms with Gasteiger partial charge in [0.2, 0.25) is 0 Å². The van der Waals surface area contributed by atoms with Crippen LogP contribution in [0.1, 0.15) is 24.2 Å². The van der Waals surface area contributed by atoms with E-state index in [0.717, 1.165) is 5.56 Å². The first kappa shape index (κ1) is 19.6. The molecule has 0 fully saturated rings. The molecule has 7 nitrogen and oxygen atoms in total. The predicted octanol–water partition coefficient (Wildman–Crippen LogP) is 4.19. The fourth-order valence-electron chi connectivity index (χ4n) is 2.26. The Morgan fingerprint density at radius 1 is 1.31 bits per heavy atom. The second-order valence-electron chi connectivity index (χ2n) is 5.31. The van der Waals surface area contributed by atoms with Crippen molar-refractivity contribution in [3.8, 4) is 5.75 Å². The molecule has 0 amide bonds. The zero-order valence-electron chi connectivity index (χ0n) is 14.1. The van der Waals surface area contributed by atoms with Crippen LogP contribution < -0.4 is 4.74 Å². The number of hydrogen-bond acceptors (Lipinski definition) is 5. The number of azide groups is 1. The lowest BCUT2D eigenvalue weighted by molar-refractivity contribution is -0.147. The van der Waals surface area contributed by atoms with E-state index < -0.39 is 18.1 Å². The molecule has 0 aromatic heterocycles. The van der Waals surface area contributed by atoms with Crippen molar-refractivity contribution in [1.29, 1.82) is 0 Å². The van der Waals surface area contributed by atoms with Crippen molar-refractivity contribution in [3.05, 3.63) is 75.1 Å². The first-order valence-corrected chi connectivity index (χ1v) is 8.29. The number of benzene rings is 2. The molecule has 136 valence electrons. The molecule has 0 aliphatic carbocycles. The van der Waals surface area contributed by atoms with E-state index in [-0.39, 0.29) is 11.6 Å². The lowest BCUT2D eigenvalue weighted by Gasteiger charge is -2.18. The van der Waals surface area contributed by atoms with E-state index in [0.29, 0.717) is 17.9 Å². The summed E-state index contributed by atoms with van der Waals surface area (Å²) in [5.41, 5.74) is 9.92. The van der Waals surface area contributed by atoms with Crippen molar-refractivity contribution in [2.75, 3.05) is 6.61 Å². The number of esters is 1. The molecular weight excluding hydrogens is 358 g/mol. The van der Waals surface area contributed by atoms with Crippen LogP contribution in [-0.2, 0) is 16.1 Å². The van der Waals surface area contributed by atoms with Gasteiger partial charge < -0.3 is 14.6 Å². The smallest absolute Gasteiger partial charge is 0.317 e. The lowest BCUT2D eigenvalue weighted by atomic mass is 10.0. The molecule has 8 heteroatoms. The quantitative estimate of drug-likeness (QED) is 0.323. The average Bonchev–Trinajstić information content (AvgIpc) is 2.65. The fourth-order valence-corrected chi connectivity index (χ4v) is 2.50. The normalized spacial score (nSPS) is 12.6. The van der Waals surface area contributed by atoms with Gasteiger partial charge in [0.05, 0.1) is 17.7 Å². The van der Waals surface area contributed by atoms with Gasteiger partial charge in [0.15, 0.2) is 6.04 Å². The molecule has 0 saturated carbocycles. The second kappa shape index (κ2) is 9.68. The highest BCUT2D eigenvalue weighted by atomic mass is 35.5. The van der Waals surface area contributed by atoms with Crippen LogP contribution in [0, 0.1) is 0 Å². The summed E-state index contributed by atoms with van der Waals surface area (Å²) in [6.07, 6.45) is -1.38. The number of aliphatic hydroxyl groups excluding tert-OH is 1. The Kier molecular flexibility index (Phi) is 7.29. The Balaban J connectivity index is 2.13. The highest BCUT2D eigenvalue weighted by molar-refractivity contribution is 6.32. The highest BCUT2D eigenvalue weighted by Gasteiger charge is 2.29. The minimum absolute atomic E-state index is 0.107. The molecule has 0 unspecified atom stereocenters. The third kappa shape index (κ3) is 5.13. The van der Waals surface area contributed by atoms with Gasteiger partial charge in [-0.2, -0.15) is 0 Å². The first-order valence-electron chi connectivity index (χ1n) is 7.92. The lowest BCUT2D eigenvalue weighted by Crippen LogP contribution is -2.28. The van der Waals surface area contributed by atoms with E-state index in [4.69, 9.17) is 26.6 Å².